The highest BCUT2D eigenvalue weighted by Gasteiger charge is 2.27. The van der Waals surface area contributed by atoms with Crippen molar-refractivity contribution in [1.82, 2.24) is 10.2 Å². The fraction of sp³-hybridized carbons (Fsp3) is 0.938. The lowest BCUT2D eigenvalue weighted by molar-refractivity contribution is 0.0735. The van der Waals surface area contributed by atoms with Crippen LogP contribution in [0.2, 0.25) is 0 Å². The molecule has 4 heteroatoms. The Morgan fingerprint density at radius 3 is 2.85 bits per heavy atom. The summed E-state index contributed by atoms with van der Waals surface area (Å²) in [6, 6.07) is 0.0635. The summed E-state index contributed by atoms with van der Waals surface area (Å²) in [6.45, 7) is 6.49. The number of aliphatic hydroxyl groups excluding tert-OH is 1. The number of hydrogen-bond acceptors (Lipinski definition) is 2. The Labute approximate surface area is 122 Å². The van der Waals surface area contributed by atoms with E-state index in [9.17, 15) is 9.90 Å². The molecule has 1 saturated carbocycles. The van der Waals surface area contributed by atoms with Crippen molar-refractivity contribution in [2.45, 2.75) is 58.5 Å². The Kier molecular flexibility index (Phi) is 5.70. The number of amides is 2. The standard InChI is InChI=1S/C16H30N2O2/c1-12-5-3-6-14(9-12)10-17-16(20)18-8-4-7-15(11-18)13(2)19/h12-15,19H,3-11H2,1-2H3,(H,17,20). The van der Waals surface area contributed by atoms with Crippen molar-refractivity contribution in [3.63, 3.8) is 0 Å². The minimum Gasteiger partial charge on any atom is -0.393 e. The lowest BCUT2D eigenvalue weighted by Gasteiger charge is -2.35. The molecule has 1 aliphatic carbocycles. The maximum absolute atomic E-state index is 12.2. The first-order valence-electron chi connectivity index (χ1n) is 8.27. The van der Waals surface area contributed by atoms with Gasteiger partial charge in [-0.25, -0.2) is 4.79 Å². The molecule has 0 aromatic rings. The molecular formula is C16H30N2O2. The maximum atomic E-state index is 12.2. The molecular weight excluding hydrogens is 252 g/mol. The van der Waals surface area contributed by atoms with Gasteiger partial charge in [0.1, 0.15) is 0 Å². The summed E-state index contributed by atoms with van der Waals surface area (Å²) < 4.78 is 0. The molecule has 2 amide bonds. The summed E-state index contributed by atoms with van der Waals surface area (Å²) in [4.78, 5) is 14.1. The normalized spacial score (nSPS) is 32.8. The van der Waals surface area contributed by atoms with Crippen molar-refractivity contribution in [2.24, 2.45) is 17.8 Å². The van der Waals surface area contributed by atoms with Crippen molar-refractivity contribution < 1.29 is 9.90 Å². The Hall–Kier alpha value is -0.770. The summed E-state index contributed by atoms with van der Waals surface area (Å²) in [7, 11) is 0. The van der Waals surface area contributed by atoms with Crippen LogP contribution in [-0.2, 0) is 0 Å². The highest BCUT2D eigenvalue weighted by atomic mass is 16.3. The van der Waals surface area contributed by atoms with Crippen LogP contribution in [0.5, 0.6) is 0 Å². The van der Waals surface area contributed by atoms with E-state index < -0.39 is 0 Å². The molecule has 1 heterocycles. The van der Waals surface area contributed by atoms with Gasteiger partial charge in [-0.1, -0.05) is 19.8 Å². The molecule has 2 fully saturated rings. The van der Waals surface area contributed by atoms with E-state index in [2.05, 4.69) is 12.2 Å². The molecule has 0 aromatic heterocycles. The van der Waals surface area contributed by atoms with Gasteiger partial charge >= 0.3 is 6.03 Å². The van der Waals surface area contributed by atoms with Gasteiger partial charge in [-0.15, -0.1) is 0 Å². The second-order valence-corrected chi connectivity index (χ2v) is 6.91. The highest BCUT2D eigenvalue weighted by Crippen LogP contribution is 2.28. The van der Waals surface area contributed by atoms with Crippen LogP contribution < -0.4 is 5.32 Å². The van der Waals surface area contributed by atoms with E-state index >= 15 is 0 Å². The average molecular weight is 282 g/mol. The molecule has 0 aromatic carbocycles. The Bertz CT molecular complexity index is 320. The first-order chi connectivity index (χ1) is 9.56. The smallest absolute Gasteiger partial charge is 0.317 e. The average Bonchev–Trinajstić information content (AvgIpc) is 2.45. The van der Waals surface area contributed by atoms with E-state index in [1.165, 1.54) is 25.7 Å². The second-order valence-electron chi connectivity index (χ2n) is 6.91. The van der Waals surface area contributed by atoms with E-state index in [4.69, 9.17) is 0 Å². The SMILES string of the molecule is CC1CCCC(CNC(=O)N2CCCC(C(C)O)C2)C1. The summed E-state index contributed by atoms with van der Waals surface area (Å²) >= 11 is 0. The zero-order valence-electron chi connectivity index (χ0n) is 13.0. The molecule has 2 aliphatic rings. The van der Waals surface area contributed by atoms with Gasteiger partial charge in [0.15, 0.2) is 0 Å². The number of nitrogens with zero attached hydrogens (tertiary/aromatic N) is 1. The zero-order valence-corrected chi connectivity index (χ0v) is 13.0. The van der Waals surface area contributed by atoms with Crippen LogP contribution in [0.1, 0.15) is 52.4 Å². The number of aliphatic hydroxyl groups is 1. The van der Waals surface area contributed by atoms with Gasteiger partial charge < -0.3 is 15.3 Å². The third kappa shape index (κ3) is 4.37. The fourth-order valence-corrected chi connectivity index (χ4v) is 3.68. The Morgan fingerprint density at radius 2 is 2.15 bits per heavy atom. The third-order valence-corrected chi connectivity index (χ3v) is 5.01. The first kappa shape index (κ1) is 15.6. The minimum atomic E-state index is -0.315. The molecule has 0 radical (unpaired) electrons. The molecule has 0 bridgehead atoms. The van der Waals surface area contributed by atoms with Crippen LogP contribution in [0.4, 0.5) is 4.79 Å². The predicted octanol–water partition coefficient (Wildman–Crippen LogP) is 2.62. The van der Waals surface area contributed by atoms with Crippen molar-refractivity contribution >= 4 is 6.03 Å². The van der Waals surface area contributed by atoms with Crippen LogP contribution in [0.3, 0.4) is 0 Å². The largest absolute Gasteiger partial charge is 0.393 e. The summed E-state index contributed by atoms with van der Waals surface area (Å²) in [5.41, 5.74) is 0. The van der Waals surface area contributed by atoms with Gasteiger partial charge in [-0.05, 0) is 44.4 Å². The van der Waals surface area contributed by atoms with Gasteiger partial charge in [0.05, 0.1) is 6.10 Å². The molecule has 1 saturated heterocycles. The molecule has 1 aliphatic heterocycles. The van der Waals surface area contributed by atoms with Gasteiger partial charge in [0.25, 0.3) is 0 Å². The van der Waals surface area contributed by atoms with Crippen molar-refractivity contribution in [3.8, 4) is 0 Å². The molecule has 2 rings (SSSR count). The third-order valence-electron chi connectivity index (χ3n) is 5.01. The molecule has 4 nitrogen and oxygen atoms in total. The lowest BCUT2D eigenvalue weighted by Crippen LogP contribution is -2.48. The van der Waals surface area contributed by atoms with Crippen molar-refractivity contribution in [2.75, 3.05) is 19.6 Å². The minimum absolute atomic E-state index is 0.0635. The Balaban J connectivity index is 1.73. The number of rotatable bonds is 3. The second kappa shape index (κ2) is 7.30. The molecule has 4 unspecified atom stereocenters. The number of nitrogens with one attached hydrogen (secondary N) is 1. The van der Waals surface area contributed by atoms with Gasteiger partial charge in [-0.3, -0.25) is 0 Å². The van der Waals surface area contributed by atoms with E-state index in [0.717, 1.165) is 31.8 Å². The topological polar surface area (TPSA) is 52.6 Å². The van der Waals surface area contributed by atoms with E-state index in [0.29, 0.717) is 12.5 Å². The van der Waals surface area contributed by atoms with Crippen molar-refractivity contribution in [3.05, 3.63) is 0 Å². The summed E-state index contributed by atoms with van der Waals surface area (Å²) in [5.74, 6) is 1.70. The number of urea groups is 1. The molecule has 20 heavy (non-hydrogen) atoms. The van der Waals surface area contributed by atoms with E-state index in [-0.39, 0.29) is 18.1 Å². The number of piperidine rings is 1. The quantitative estimate of drug-likeness (QED) is 0.836. The zero-order chi connectivity index (χ0) is 14.5. The number of carbonyl (C=O) groups excluding carboxylic acids is 1. The van der Waals surface area contributed by atoms with E-state index in [1.54, 1.807) is 0 Å². The number of carbonyl (C=O) groups is 1. The monoisotopic (exact) mass is 282 g/mol. The van der Waals surface area contributed by atoms with E-state index in [1.807, 2.05) is 11.8 Å². The Morgan fingerprint density at radius 1 is 1.35 bits per heavy atom. The van der Waals surface area contributed by atoms with Crippen LogP contribution in [0.15, 0.2) is 0 Å². The lowest BCUT2D eigenvalue weighted by atomic mass is 9.82. The number of likely N-dealkylation sites (tertiary alicyclic amines) is 1. The predicted molar refractivity (Wildman–Crippen MR) is 80.5 cm³/mol. The van der Waals surface area contributed by atoms with Gasteiger partial charge in [0.2, 0.25) is 0 Å². The van der Waals surface area contributed by atoms with Gasteiger partial charge in [-0.2, -0.15) is 0 Å². The van der Waals surface area contributed by atoms with Crippen molar-refractivity contribution in [1.29, 1.82) is 0 Å². The molecule has 116 valence electrons. The summed E-state index contributed by atoms with van der Waals surface area (Å²) in [6.07, 6.45) is 6.86. The number of hydrogen-bond donors (Lipinski definition) is 2. The fourth-order valence-electron chi connectivity index (χ4n) is 3.68. The highest BCUT2D eigenvalue weighted by molar-refractivity contribution is 5.74. The summed E-state index contributed by atoms with van der Waals surface area (Å²) in [5, 5.41) is 12.8. The van der Waals surface area contributed by atoms with Crippen LogP contribution in [0, 0.1) is 17.8 Å². The molecule has 0 spiro atoms. The first-order valence-corrected chi connectivity index (χ1v) is 8.27. The molecule has 2 N–H and O–H groups in total. The molecule has 4 atom stereocenters. The van der Waals surface area contributed by atoms with Crippen LogP contribution in [0.25, 0.3) is 0 Å². The van der Waals surface area contributed by atoms with Gasteiger partial charge in [0, 0.05) is 25.6 Å². The maximum Gasteiger partial charge on any atom is 0.317 e. The van der Waals surface area contributed by atoms with Crippen LogP contribution >= 0.6 is 0 Å². The van der Waals surface area contributed by atoms with Crippen LogP contribution in [-0.4, -0.2) is 41.8 Å².